The molecular formula is C22H21FN4O4S. The van der Waals surface area contributed by atoms with Crippen LogP contribution < -0.4 is 16.0 Å². The molecule has 32 heavy (non-hydrogen) atoms. The number of carboxylic acids is 1. The van der Waals surface area contributed by atoms with E-state index in [-0.39, 0.29) is 22.5 Å². The number of carboxylic acid groups (broad SMARTS) is 1. The minimum atomic E-state index is -1.13. The molecule has 0 fully saturated rings. The molecule has 1 heterocycles. The number of amides is 1. The molecule has 4 N–H and O–H groups in total. The van der Waals surface area contributed by atoms with Crippen LogP contribution in [-0.4, -0.2) is 33.3 Å². The average Bonchev–Trinajstić information content (AvgIpc) is 3.24. The fraction of sp³-hybridized carbons (Fsp3) is 0.182. The van der Waals surface area contributed by atoms with E-state index < -0.39 is 23.7 Å². The van der Waals surface area contributed by atoms with Gasteiger partial charge in [0.25, 0.3) is 5.91 Å². The lowest BCUT2D eigenvalue weighted by Gasteiger charge is -2.16. The van der Waals surface area contributed by atoms with Gasteiger partial charge in [-0.15, -0.1) is 0 Å². The highest BCUT2D eigenvalue weighted by molar-refractivity contribution is 7.80. The molecule has 1 amide bonds. The Labute approximate surface area is 188 Å². The van der Waals surface area contributed by atoms with Gasteiger partial charge in [-0.1, -0.05) is 43.3 Å². The van der Waals surface area contributed by atoms with Gasteiger partial charge in [0.1, 0.15) is 17.6 Å². The van der Waals surface area contributed by atoms with Crippen molar-refractivity contribution < 1.29 is 23.6 Å². The van der Waals surface area contributed by atoms with Gasteiger partial charge in [0.2, 0.25) is 5.76 Å². The second kappa shape index (κ2) is 10.0. The van der Waals surface area contributed by atoms with Crippen LogP contribution in [0.25, 0.3) is 11.3 Å². The van der Waals surface area contributed by atoms with Crippen molar-refractivity contribution >= 4 is 40.6 Å². The van der Waals surface area contributed by atoms with Gasteiger partial charge in [0.15, 0.2) is 5.11 Å². The van der Waals surface area contributed by atoms with Gasteiger partial charge in [-0.3, -0.25) is 4.79 Å². The van der Waals surface area contributed by atoms with E-state index in [2.05, 4.69) is 21.1 Å². The molecule has 0 aliphatic carbocycles. The number of carbonyl (C=O) groups excluding carboxylic acids is 1. The van der Waals surface area contributed by atoms with Crippen LogP contribution in [0.15, 0.2) is 59.1 Å². The summed E-state index contributed by atoms with van der Waals surface area (Å²) in [5.41, 5.74) is 2.00. The van der Waals surface area contributed by atoms with Crippen LogP contribution >= 0.6 is 12.2 Å². The Bertz CT molecular complexity index is 1130. The van der Waals surface area contributed by atoms with Crippen LogP contribution in [0.1, 0.15) is 24.4 Å². The third-order valence-electron chi connectivity index (χ3n) is 4.51. The number of hydrogen-bond donors (Lipinski definition) is 4. The highest BCUT2D eigenvalue weighted by Gasteiger charge is 2.25. The number of carbonyl (C=O) groups is 2. The fourth-order valence-electron chi connectivity index (χ4n) is 2.82. The number of hydrogen-bond acceptors (Lipinski definition) is 5. The van der Waals surface area contributed by atoms with Gasteiger partial charge < -0.3 is 25.6 Å². The Morgan fingerprint density at radius 1 is 1.09 bits per heavy atom. The smallest absolute Gasteiger partial charge is 0.326 e. The van der Waals surface area contributed by atoms with E-state index >= 15 is 0 Å². The third-order valence-corrected chi connectivity index (χ3v) is 4.72. The van der Waals surface area contributed by atoms with E-state index in [1.807, 2.05) is 0 Å². The van der Waals surface area contributed by atoms with Gasteiger partial charge >= 0.3 is 5.97 Å². The number of aromatic nitrogens is 1. The number of benzene rings is 2. The maximum atomic E-state index is 13.7. The zero-order valence-corrected chi connectivity index (χ0v) is 18.1. The first-order valence-corrected chi connectivity index (χ1v) is 10.1. The van der Waals surface area contributed by atoms with Gasteiger partial charge in [-0.2, -0.15) is 0 Å². The Hall–Kier alpha value is -3.79. The Morgan fingerprint density at radius 3 is 2.41 bits per heavy atom. The first kappa shape index (κ1) is 22.9. The molecule has 10 heteroatoms. The molecule has 0 bridgehead atoms. The Balaban J connectivity index is 1.63. The van der Waals surface area contributed by atoms with Crippen molar-refractivity contribution in [3.05, 3.63) is 66.2 Å². The number of aliphatic carboxylic acids is 1. The van der Waals surface area contributed by atoms with Crippen molar-refractivity contribution in [2.75, 3.05) is 10.6 Å². The highest BCUT2D eigenvalue weighted by atomic mass is 32.1. The highest BCUT2D eigenvalue weighted by Crippen LogP contribution is 2.22. The van der Waals surface area contributed by atoms with Crippen molar-refractivity contribution in [1.29, 1.82) is 0 Å². The molecule has 0 saturated carbocycles. The standard InChI is InChI=1S/C22H21FN4O4S/c1-12(2)19(21(29)30)26-20(28)18-11-17(27-31-18)13-7-9-14(10-8-13)24-22(32)25-16-6-4-3-5-15(16)23/h3-12,19H,1-2H3,(H,26,28)(H,29,30)(H2,24,25,32)/t19-/m0/s1. The van der Waals surface area contributed by atoms with Crippen molar-refractivity contribution in [2.45, 2.75) is 19.9 Å². The van der Waals surface area contributed by atoms with E-state index in [4.69, 9.17) is 16.7 Å². The Kier molecular flexibility index (Phi) is 7.16. The monoisotopic (exact) mass is 456 g/mol. The number of anilines is 2. The first-order valence-electron chi connectivity index (χ1n) is 9.68. The summed E-state index contributed by atoms with van der Waals surface area (Å²) in [6, 6.07) is 13.5. The predicted molar refractivity (Wildman–Crippen MR) is 122 cm³/mol. The average molecular weight is 456 g/mol. The molecule has 0 radical (unpaired) electrons. The van der Waals surface area contributed by atoms with E-state index in [1.54, 1.807) is 56.3 Å². The van der Waals surface area contributed by atoms with Gasteiger partial charge in [0.05, 0.1) is 5.69 Å². The summed E-state index contributed by atoms with van der Waals surface area (Å²) in [6.45, 7) is 3.38. The summed E-state index contributed by atoms with van der Waals surface area (Å²) in [6.07, 6.45) is 0. The molecule has 3 rings (SSSR count). The summed E-state index contributed by atoms with van der Waals surface area (Å²) < 4.78 is 18.8. The van der Waals surface area contributed by atoms with Crippen molar-refractivity contribution in [2.24, 2.45) is 5.92 Å². The van der Waals surface area contributed by atoms with Gasteiger partial charge in [-0.25, -0.2) is 9.18 Å². The number of halogens is 1. The lowest BCUT2D eigenvalue weighted by atomic mass is 10.0. The van der Waals surface area contributed by atoms with Crippen LogP contribution in [0.4, 0.5) is 15.8 Å². The van der Waals surface area contributed by atoms with Crippen LogP contribution in [-0.2, 0) is 4.79 Å². The molecule has 0 aliphatic rings. The number of nitrogens with zero attached hydrogens (tertiary/aromatic N) is 1. The summed E-state index contributed by atoms with van der Waals surface area (Å²) in [5.74, 6) is -2.59. The lowest BCUT2D eigenvalue weighted by molar-refractivity contribution is -0.140. The largest absolute Gasteiger partial charge is 0.480 e. The fourth-order valence-corrected chi connectivity index (χ4v) is 3.04. The summed E-state index contributed by atoms with van der Waals surface area (Å²) in [4.78, 5) is 23.6. The molecular weight excluding hydrogens is 435 g/mol. The van der Waals surface area contributed by atoms with Crippen molar-refractivity contribution in [3.63, 3.8) is 0 Å². The van der Waals surface area contributed by atoms with E-state index in [0.717, 1.165) is 0 Å². The molecule has 166 valence electrons. The van der Waals surface area contributed by atoms with E-state index in [0.29, 0.717) is 16.9 Å². The topological polar surface area (TPSA) is 116 Å². The second-order valence-electron chi connectivity index (χ2n) is 7.25. The molecule has 0 aliphatic heterocycles. The maximum Gasteiger partial charge on any atom is 0.326 e. The van der Waals surface area contributed by atoms with E-state index in [9.17, 15) is 19.1 Å². The van der Waals surface area contributed by atoms with Crippen LogP contribution in [0.3, 0.4) is 0 Å². The molecule has 0 spiro atoms. The summed E-state index contributed by atoms with van der Waals surface area (Å²) in [7, 11) is 0. The van der Waals surface area contributed by atoms with Crippen LogP contribution in [0.5, 0.6) is 0 Å². The molecule has 2 aromatic carbocycles. The van der Waals surface area contributed by atoms with Crippen LogP contribution in [0.2, 0.25) is 0 Å². The third kappa shape index (κ3) is 5.67. The number of rotatable bonds is 7. The van der Waals surface area contributed by atoms with E-state index in [1.165, 1.54) is 12.1 Å². The maximum absolute atomic E-state index is 13.7. The second-order valence-corrected chi connectivity index (χ2v) is 7.65. The first-order chi connectivity index (χ1) is 15.2. The van der Waals surface area contributed by atoms with Crippen molar-refractivity contribution in [3.8, 4) is 11.3 Å². The lowest BCUT2D eigenvalue weighted by Crippen LogP contribution is -2.44. The Morgan fingerprint density at radius 2 is 1.78 bits per heavy atom. The molecule has 0 saturated heterocycles. The molecule has 0 unspecified atom stereocenters. The zero-order chi connectivity index (χ0) is 23.3. The minimum absolute atomic E-state index is 0.0932. The summed E-state index contributed by atoms with van der Waals surface area (Å²) >= 11 is 5.20. The molecule has 3 aromatic rings. The molecule has 1 aromatic heterocycles. The van der Waals surface area contributed by atoms with Crippen molar-refractivity contribution in [1.82, 2.24) is 10.5 Å². The van der Waals surface area contributed by atoms with Crippen LogP contribution in [0, 0.1) is 11.7 Å². The molecule has 8 nitrogen and oxygen atoms in total. The number of nitrogens with one attached hydrogen (secondary N) is 3. The minimum Gasteiger partial charge on any atom is -0.480 e. The van der Waals surface area contributed by atoms with Gasteiger partial charge in [-0.05, 0) is 42.4 Å². The number of thiocarbonyl (C=S) groups is 1. The number of para-hydroxylation sites is 1. The predicted octanol–water partition coefficient (Wildman–Crippen LogP) is 4.13. The SMILES string of the molecule is CC(C)[C@H](NC(=O)c1cc(-c2ccc(NC(=S)Nc3ccccc3F)cc2)no1)C(=O)O. The normalized spacial score (nSPS) is 11.6. The summed E-state index contributed by atoms with van der Waals surface area (Å²) in [5, 5.41) is 21.5. The molecule has 1 atom stereocenters. The van der Waals surface area contributed by atoms with Gasteiger partial charge in [0, 0.05) is 17.3 Å². The quantitative estimate of drug-likeness (QED) is 0.392. The zero-order valence-electron chi connectivity index (χ0n) is 17.3.